The van der Waals surface area contributed by atoms with Crippen molar-refractivity contribution in [2.45, 2.75) is 58.7 Å². The van der Waals surface area contributed by atoms with Crippen LogP contribution in [-0.4, -0.2) is 34.7 Å². The minimum Gasteiger partial charge on any atom is -0.472 e. The maximum absolute atomic E-state index is 12.3. The second-order valence-corrected chi connectivity index (χ2v) is 10.1. The van der Waals surface area contributed by atoms with Gasteiger partial charge in [0.1, 0.15) is 12.2 Å². The second kappa shape index (κ2) is 9.40. The van der Waals surface area contributed by atoms with Gasteiger partial charge in [-0.05, 0) is 58.2 Å². The van der Waals surface area contributed by atoms with Crippen molar-refractivity contribution in [2.75, 3.05) is 13.1 Å². The number of piperidine rings is 1. The fraction of sp³-hybridized carbons (Fsp3) is 0.478. The lowest BCUT2D eigenvalue weighted by Crippen LogP contribution is -2.41. The van der Waals surface area contributed by atoms with Crippen LogP contribution < -0.4 is 4.74 Å². The summed E-state index contributed by atoms with van der Waals surface area (Å²) in [4.78, 5) is 20.8. The van der Waals surface area contributed by atoms with Crippen molar-refractivity contribution in [3.05, 3.63) is 51.3 Å². The zero-order valence-electron chi connectivity index (χ0n) is 18.0. The second-order valence-electron chi connectivity index (χ2n) is 8.59. The van der Waals surface area contributed by atoms with Gasteiger partial charge in [-0.15, -0.1) is 11.3 Å². The molecular formula is C23H29ClN2O3S. The van der Waals surface area contributed by atoms with E-state index in [4.69, 9.17) is 26.1 Å². The number of amides is 1. The van der Waals surface area contributed by atoms with Crippen LogP contribution in [0.3, 0.4) is 0 Å². The van der Waals surface area contributed by atoms with Crippen molar-refractivity contribution in [1.82, 2.24) is 9.88 Å². The van der Waals surface area contributed by atoms with Crippen LogP contribution in [0.15, 0.2) is 30.8 Å². The molecule has 1 aliphatic heterocycles. The highest BCUT2D eigenvalue weighted by Gasteiger charge is 2.28. The third-order valence-corrected chi connectivity index (χ3v) is 6.56. The number of carbonyl (C=O) groups excluding carboxylic acids is 1. The third-order valence-electron chi connectivity index (χ3n) is 4.84. The van der Waals surface area contributed by atoms with Gasteiger partial charge in [0.25, 0.3) is 0 Å². The Morgan fingerprint density at radius 1 is 1.33 bits per heavy atom. The molecular weight excluding hydrogens is 420 g/mol. The minimum atomic E-state index is -0.474. The number of carbonyl (C=O) groups is 1. The standard InChI is InChI=1S/C23H29ClN2O3S/c1-15(2)19-13-17(24)20(30-19)14-28-21-8-6-7-18(25-21)16-9-11-26(12-10-16)22(27)29-23(3,4)5/h6-8,13,16H,1,9-12,14H2,2-5H3. The molecule has 30 heavy (non-hydrogen) atoms. The molecule has 1 fully saturated rings. The molecule has 0 spiro atoms. The Labute approximate surface area is 187 Å². The molecule has 0 unspecified atom stereocenters. The number of aromatic nitrogens is 1. The molecule has 1 saturated heterocycles. The monoisotopic (exact) mass is 448 g/mol. The van der Waals surface area contributed by atoms with E-state index >= 15 is 0 Å². The molecule has 162 valence electrons. The Kier molecular flexibility index (Phi) is 7.09. The lowest BCUT2D eigenvalue weighted by Gasteiger charge is -2.33. The van der Waals surface area contributed by atoms with Crippen molar-refractivity contribution in [2.24, 2.45) is 0 Å². The highest BCUT2D eigenvalue weighted by atomic mass is 35.5. The minimum absolute atomic E-state index is 0.243. The van der Waals surface area contributed by atoms with E-state index in [0.29, 0.717) is 36.5 Å². The molecule has 5 nitrogen and oxygen atoms in total. The highest BCUT2D eigenvalue weighted by Crippen LogP contribution is 2.32. The number of ether oxygens (including phenoxy) is 2. The lowest BCUT2D eigenvalue weighted by atomic mass is 9.93. The van der Waals surface area contributed by atoms with E-state index in [-0.39, 0.29) is 6.09 Å². The van der Waals surface area contributed by atoms with Crippen LogP contribution in [0, 0.1) is 0 Å². The Bertz CT molecular complexity index is 911. The van der Waals surface area contributed by atoms with Crippen LogP contribution in [0.2, 0.25) is 5.02 Å². The van der Waals surface area contributed by atoms with Crippen LogP contribution in [-0.2, 0) is 11.3 Å². The SMILES string of the molecule is C=C(C)c1cc(Cl)c(COc2cccc(C3CCN(C(=O)OC(C)(C)C)CC3)n2)s1. The van der Waals surface area contributed by atoms with E-state index in [1.165, 1.54) is 0 Å². The van der Waals surface area contributed by atoms with Crippen LogP contribution >= 0.6 is 22.9 Å². The van der Waals surface area contributed by atoms with Crippen LogP contribution in [0.4, 0.5) is 4.79 Å². The van der Waals surface area contributed by atoms with Crippen molar-refractivity contribution in [3.63, 3.8) is 0 Å². The predicted octanol–water partition coefficient (Wildman–Crippen LogP) is 6.52. The highest BCUT2D eigenvalue weighted by molar-refractivity contribution is 7.13. The lowest BCUT2D eigenvalue weighted by molar-refractivity contribution is 0.0204. The Morgan fingerprint density at radius 2 is 2.03 bits per heavy atom. The first-order valence-electron chi connectivity index (χ1n) is 10.1. The third kappa shape index (κ3) is 5.99. The maximum Gasteiger partial charge on any atom is 0.410 e. The van der Waals surface area contributed by atoms with Crippen molar-refractivity contribution in [3.8, 4) is 5.88 Å². The molecule has 0 N–H and O–H groups in total. The summed E-state index contributed by atoms with van der Waals surface area (Å²) in [5, 5.41) is 0.698. The Hall–Kier alpha value is -2.05. The fourth-order valence-corrected chi connectivity index (χ4v) is 4.51. The van der Waals surface area contributed by atoms with Gasteiger partial charge in [-0.3, -0.25) is 0 Å². The van der Waals surface area contributed by atoms with Crippen molar-refractivity contribution >= 4 is 34.6 Å². The number of hydrogen-bond acceptors (Lipinski definition) is 5. The van der Waals surface area contributed by atoms with Gasteiger partial charge in [-0.2, -0.15) is 0 Å². The van der Waals surface area contributed by atoms with Gasteiger partial charge in [0.05, 0.1) is 9.90 Å². The van der Waals surface area contributed by atoms with Gasteiger partial charge >= 0.3 is 6.09 Å². The number of pyridine rings is 1. The summed E-state index contributed by atoms with van der Waals surface area (Å²) in [5.41, 5.74) is 1.51. The molecule has 0 bridgehead atoms. The number of halogens is 1. The van der Waals surface area contributed by atoms with E-state index < -0.39 is 5.60 Å². The number of thiophene rings is 1. The largest absolute Gasteiger partial charge is 0.472 e. The number of allylic oxidation sites excluding steroid dienone is 1. The molecule has 0 saturated carbocycles. The van der Waals surface area contributed by atoms with Gasteiger partial charge in [0, 0.05) is 35.6 Å². The molecule has 0 aliphatic carbocycles. The predicted molar refractivity (Wildman–Crippen MR) is 122 cm³/mol. The summed E-state index contributed by atoms with van der Waals surface area (Å²) in [6.07, 6.45) is 1.47. The first-order chi connectivity index (χ1) is 14.1. The average molecular weight is 449 g/mol. The fourth-order valence-electron chi connectivity index (χ4n) is 3.28. The van der Waals surface area contributed by atoms with Gasteiger partial charge in [-0.25, -0.2) is 9.78 Å². The summed E-state index contributed by atoms with van der Waals surface area (Å²) < 4.78 is 11.4. The van der Waals surface area contributed by atoms with E-state index in [9.17, 15) is 4.79 Å². The van der Waals surface area contributed by atoms with Crippen LogP contribution in [0.5, 0.6) is 5.88 Å². The maximum atomic E-state index is 12.3. The average Bonchev–Trinajstić information content (AvgIpc) is 3.06. The van der Waals surface area contributed by atoms with Crippen LogP contribution in [0.25, 0.3) is 5.57 Å². The topological polar surface area (TPSA) is 51.7 Å². The molecule has 0 radical (unpaired) electrons. The number of likely N-dealkylation sites (tertiary alicyclic amines) is 1. The van der Waals surface area contributed by atoms with Crippen LogP contribution in [0.1, 0.15) is 61.9 Å². The molecule has 2 aromatic heterocycles. The molecule has 3 rings (SSSR count). The van der Waals surface area contributed by atoms with E-state index in [1.807, 2.05) is 52.0 Å². The van der Waals surface area contributed by atoms with Gasteiger partial charge in [0.15, 0.2) is 0 Å². The molecule has 0 atom stereocenters. The first-order valence-corrected chi connectivity index (χ1v) is 11.3. The van der Waals surface area contributed by atoms with Gasteiger partial charge < -0.3 is 14.4 Å². The Morgan fingerprint density at radius 3 is 2.63 bits per heavy atom. The zero-order chi connectivity index (χ0) is 21.9. The molecule has 3 heterocycles. The zero-order valence-corrected chi connectivity index (χ0v) is 19.6. The first kappa shape index (κ1) is 22.6. The molecule has 0 aromatic carbocycles. The summed E-state index contributed by atoms with van der Waals surface area (Å²) in [6, 6.07) is 7.78. The van der Waals surface area contributed by atoms with E-state index in [0.717, 1.165) is 33.9 Å². The Balaban J connectivity index is 1.57. The van der Waals surface area contributed by atoms with E-state index in [1.54, 1.807) is 16.2 Å². The molecule has 1 aliphatic rings. The van der Waals surface area contributed by atoms with E-state index in [2.05, 4.69) is 6.58 Å². The number of nitrogens with zero attached hydrogens (tertiary/aromatic N) is 2. The number of hydrogen-bond donors (Lipinski definition) is 0. The smallest absolute Gasteiger partial charge is 0.410 e. The van der Waals surface area contributed by atoms with Crippen molar-refractivity contribution in [1.29, 1.82) is 0 Å². The summed E-state index contributed by atoms with van der Waals surface area (Å²) in [5.74, 6) is 0.885. The summed E-state index contributed by atoms with van der Waals surface area (Å²) in [6.45, 7) is 13.3. The molecule has 7 heteroatoms. The normalized spacial score (nSPS) is 15.2. The molecule has 1 amide bonds. The number of rotatable bonds is 5. The molecule has 2 aromatic rings. The van der Waals surface area contributed by atoms with Gasteiger partial charge in [0.2, 0.25) is 5.88 Å². The van der Waals surface area contributed by atoms with Crippen molar-refractivity contribution < 1.29 is 14.3 Å². The van der Waals surface area contributed by atoms with Gasteiger partial charge in [-0.1, -0.05) is 24.2 Å². The summed E-state index contributed by atoms with van der Waals surface area (Å²) >= 11 is 7.91. The summed E-state index contributed by atoms with van der Waals surface area (Å²) in [7, 11) is 0. The quantitative estimate of drug-likeness (QED) is 0.522.